The van der Waals surface area contributed by atoms with Crippen molar-refractivity contribution in [1.29, 1.82) is 0 Å². The van der Waals surface area contributed by atoms with Crippen molar-refractivity contribution in [1.82, 2.24) is 31.4 Å². The largest absolute Gasteiger partial charge is 0.368 e. The van der Waals surface area contributed by atoms with Crippen LogP contribution in [-0.4, -0.2) is 69.4 Å². The highest BCUT2D eigenvalue weighted by atomic mass is 16.5. The van der Waals surface area contributed by atoms with E-state index in [1.807, 2.05) is 62.4 Å². The van der Waals surface area contributed by atoms with Gasteiger partial charge in [-0.3, -0.25) is 29.2 Å². The number of amides is 5. The fourth-order valence-corrected chi connectivity index (χ4v) is 6.19. The molecule has 0 radical (unpaired) electrons. The molecule has 2 aromatic heterocycles. The third kappa shape index (κ3) is 10.2. The van der Waals surface area contributed by atoms with Crippen molar-refractivity contribution in [2.24, 2.45) is 23.3 Å². The Hall–Kier alpha value is -5.21. The number of fused-ring (bicyclic) bond motifs is 2. The lowest BCUT2D eigenvalue weighted by Crippen LogP contribution is -2.57. The third-order valence-corrected chi connectivity index (χ3v) is 8.75. The van der Waals surface area contributed by atoms with Gasteiger partial charge in [0.2, 0.25) is 29.5 Å². The van der Waals surface area contributed by atoms with Crippen molar-refractivity contribution in [3.05, 3.63) is 72.1 Å². The molecule has 50 heavy (non-hydrogen) atoms. The molecular weight excluding hydrogens is 640 g/mol. The van der Waals surface area contributed by atoms with Crippen LogP contribution in [0.4, 0.5) is 0 Å². The van der Waals surface area contributed by atoms with Gasteiger partial charge in [0.1, 0.15) is 18.1 Å². The van der Waals surface area contributed by atoms with Crippen molar-refractivity contribution in [3.63, 3.8) is 0 Å². The van der Waals surface area contributed by atoms with E-state index in [0.29, 0.717) is 25.8 Å². The fourth-order valence-electron chi connectivity index (χ4n) is 6.19. The summed E-state index contributed by atoms with van der Waals surface area (Å²) >= 11 is 0. The lowest BCUT2D eigenvalue weighted by molar-refractivity contribution is -0.137. The van der Waals surface area contributed by atoms with Crippen molar-refractivity contribution in [2.75, 3.05) is 6.54 Å². The van der Waals surface area contributed by atoms with Crippen molar-refractivity contribution in [3.8, 4) is 0 Å². The summed E-state index contributed by atoms with van der Waals surface area (Å²) in [6.07, 6.45) is 5.18. The summed E-state index contributed by atoms with van der Waals surface area (Å²) in [5.41, 5.74) is 16.0. The molecule has 2 heterocycles. The van der Waals surface area contributed by atoms with Crippen LogP contribution in [0.25, 0.3) is 21.8 Å². The van der Waals surface area contributed by atoms with Crippen molar-refractivity contribution in [2.45, 2.75) is 76.9 Å². The number of unbranched alkanes of at least 4 members (excludes halogenated alkanes) is 1. The maximum Gasteiger partial charge on any atom is 0.244 e. The van der Waals surface area contributed by atoms with Crippen molar-refractivity contribution >= 4 is 51.3 Å². The van der Waals surface area contributed by atoms with Crippen LogP contribution in [0.15, 0.2) is 60.9 Å². The molecule has 2 aromatic carbocycles. The molecule has 0 unspecified atom stereocenters. The first-order chi connectivity index (χ1) is 24.0. The molecule has 0 aliphatic heterocycles. The number of para-hydroxylation sites is 2. The number of aromatic amines is 2. The van der Waals surface area contributed by atoms with Crippen LogP contribution in [0, 0.1) is 11.8 Å². The van der Waals surface area contributed by atoms with Crippen LogP contribution in [0.3, 0.4) is 0 Å². The normalized spacial score (nSPS) is 13.8. The zero-order valence-corrected chi connectivity index (χ0v) is 28.5. The molecule has 0 bridgehead atoms. The first-order valence-corrected chi connectivity index (χ1v) is 16.9. The number of hydrogen-bond acceptors (Lipinski definition) is 7. The number of primary amides is 1. The summed E-state index contributed by atoms with van der Waals surface area (Å²) in [7, 11) is 0. The predicted octanol–water partition coefficient (Wildman–Crippen LogP) is 2.06. The summed E-state index contributed by atoms with van der Waals surface area (Å²) in [6, 6.07) is 11.8. The summed E-state index contributed by atoms with van der Waals surface area (Å²) in [4.78, 5) is 72.6. The Balaban J connectivity index is 1.66. The van der Waals surface area contributed by atoms with Crippen LogP contribution >= 0.6 is 0 Å². The van der Waals surface area contributed by atoms with Gasteiger partial charge in [0, 0.05) is 59.4 Å². The molecule has 0 aliphatic carbocycles. The average Bonchev–Trinajstić information content (AvgIpc) is 3.70. The van der Waals surface area contributed by atoms with Crippen LogP contribution in [0.5, 0.6) is 0 Å². The number of rotatable bonds is 19. The molecule has 4 rings (SSSR count). The number of carbonyl (C=O) groups is 5. The molecule has 0 fully saturated rings. The Kier molecular flexibility index (Phi) is 13.5. The number of nitrogens with two attached hydrogens (primary N) is 2. The van der Waals surface area contributed by atoms with Gasteiger partial charge in [0.15, 0.2) is 0 Å². The lowest BCUT2D eigenvalue weighted by Gasteiger charge is -2.26. The highest BCUT2D eigenvalue weighted by Gasteiger charge is 2.32. The van der Waals surface area contributed by atoms with Gasteiger partial charge in [-0.1, -0.05) is 50.2 Å². The highest BCUT2D eigenvalue weighted by Crippen LogP contribution is 2.22. The van der Waals surface area contributed by atoms with E-state index in [4.69, 9.17) is 16.7 Å². The number of aromatic nitrogens is 2. The molecule has 0 saturated heterocycles. The molecule has 4 aromatic rings. The van der Waals surface area contributed by atoms with E-state index in [9.17, 15) is 24.0 Å². The van der Waals surface area contributed by atoms with Gasteiger partial charge in [-0.15, -0.1) is 0 Å². The zero-order chi connectivity index (χ0) is 36.2. The van der Waals surface area contributed by atoms with Gasteiger partial charge >= 0.3 is 0 Å². The van der Waals surface area contributed by atoms with Gasteiger partial charge < -0.3 is 37.4 Å². The second-order valence-electron chi connectivity index (χ2n) is 13.1. The molecule has 0 saturated carbocycles. The van der Waals surface area contributed by atoms with Gasteiger partial charge in [0.05, 0.1) is 0 Å². The van der Waals surface area contributed by atoms with Gasteiger partial charge in [-0.25, -0.2) is 5.48 Å². The van der Waals surface area contributed by atoms with Crippen molar-refractivity contribution < 1.29 is 29.2 Å². The zero-order valence-electron chi connectivity index (χ0n) is 28.5. The molecule has 268 valence electrons. The molecule has 14 nitrogen and oxygen atoms in total. The number of hydroxylamine groups is 1. The van der Waals surface area contributed by atoms with E-state index in [1.165, 1.54) is 0 Å². The van der Waals surface area contributed by atoms with Gasteiger partial charge in [-0.05, 0) is 61.4 Å². The number of nitrogens with one attached hydrogen (secondary N) is 6. The second-order valence-corrected chi connectivity index (χ2v) is 13.1. The topological polar surface area (TPSA) is 237 Å². The van der Waals surface area contributed by atoms with Gasteiger partial charge in [0.25, 0.3) is 0 Å². The summed E-state index contributed by atoms with van der Waals surface area (Å²) in [6.45, 7) is 4.22. The molecule has 0 aliphatic rings. The molecule has 14 heteroatoms. The summed E-state index contributed by atoms with van der Waals surface area (Å²) < 4.78 is 0. The number of hydrogen-bond donors (Lipinski definition) is 9. The highest BCUT2D eigenvalue weighted by molar-refractivity contribution is 5.96. The Morgan fingerprint density at radius 1 is 0.740 bits per heavy atom. The maximum atomic E-state index is 14.3. The molecule has 4 atom stereocenters. The third-order valence-electron chi connectivity index (χ3n) is 8.75. The van der Waals surface area contributed by atoms with Gasteiger partial charge in [-0.2, -0.15) is 0 Å². The maximum absolute atomic E-state index is 14.3. The number of carbonyl (C=O) groups excluding carboxylic acids is 5. The molecule has 5 amide bonds. The standard InChI is InChI=1S/C36H48N8O6/c1-21(2)15-22(18-32(45)44-50)34(47)42-30(16-23-19-39-27-11-5-3-9-25(23)27)36(49)43-31(17-24-20-40-28-12-6-4-10-26(24)28)35(48)41-29(33(38)46)13-7-8-14-37/h3-6,9-12,19-22,29-31,39-40,50H,7-8,13-18,37H2,1-2H3,(H2,38,46)(H,41,48)(H,42,47)(H,43,49)(H,44,45)/t22-,29+,30+,31+/m1/s1. The SMILES string of the molecule is CC(C)C[C@H](CC(=O)NO)C(=O)N[C@@H](Cc1c[nH]c2ccccc12)C(=O)N[C@@H](Cc1c[nH]c2ccccc12)C(=O)N[C@@H](CCCCN)C(N)=O. The van der Waals surface area contributed by atoms with Crippen LogP contribution in [-0.2, 0) is 36.8 Å². The first-order valence-electron chi connectivity index (χ1n) is 16.9. The van der Waals surface area contributed by atoms with E-state index >= 15 is 0 Å². The monoisotopic (exact) mass is 688 g/mol. The summed E-state index contributed by atoms with van der Waals surface area (Å²) in [5, 5.41) is 19.3. The van der Waals surface area contributed by atoms with E-state index in [1.54, 1.807) is 17.9 Å². The summed E-state index contributed by atoms with van der Waals surface area (Å²) in [5.74, 6) is -4.05. The number of benzene rings is 2. The smallest absolute Gasteiger partial charge is 0.244 e. The molecular formula is C36H48N8O6. The first kappa shape index (κ1) is 37.6. The average molecular weight is 689 g/mol. The molecule has 0 spiro atoms. The minimum Gasteiger partial charge on any atom is -0.368 e. The van der Waals surface area contributed by atoms with E-state index in [0.717, 1.165) is 32.9 Å². The lowest BCUT2D eigenvalue weighted by atomic mass is 9.92. The van der Waals surface area contributed by atoms with E-state index in [-0.39, 0.29) is 31.6 Å². The minimum atomic E-state index is -1.16. The fraction of sp³-hybridized carbons (Fsp3) is 0.417. The van der Waals surface area contributed by atoms with E-state index < -0.39 is 53.6 Å². The Labute approximate surface area is 290 Å². The van der Waals surface area contributed by atoms with Crippen LogP contribution < -0.4 is 32.9 Å². The Morgan fingerprint density at radius 3 is 1.72 bits per heavy atom. The second kappa shape index (κ2) is 18.0. The molecule has 11 N–H and O–H groups in total. The Morgan fingerprint density at radius 2 is 1.24 bits per heavy atom. The van der Waals surface area contributed by atoms with Crippen LogP contribution in [0.1, 0.15) is 57.1 Å². The Bertz CT molecular complexity index is 1780. The quantitative estimate of drug-likeness (QED) is 0.0403. The number of H-pyrrole nitrogens is 2. The minimum absolute atomic E-state index is 0.0328. The predicted molar refractivity (Wildman–Crippen MR) is 189 cm³/mol. The van der Waals surface area contributed by atoms with E-state index in [2.05, 4.69) is 25.9 Å². The van der Waals surface area contributed by atoms with Crippen LogP contribution in [0.2, 0.25) is 0 Å².